The molecular weight excluding hydrogens is 504 g/mol. The Morgan fingerprint density at radius 3 is 1.73 bits per heavy atom. The molecule has 0 bridgehead atoms. The summed E-state index contributed by atoms with van der Waals surface area (Å²) in [4.78, 5) is 2.45. The van der Waals surface area contributed by atoms with Crippen molar-refractivity contribution < 1.29 is 5.11 Å². The van der Waals surface area contributed by atoms with Gasteiger partial charge in [-0.05, 0) is 74.2 Å². The molecule has 1 unspecified atom stereocenters. The first-order chi connectivity index (χ1) is 14.2. The second kappa shape index (κ2) is 10.6. The lowest BCUT2D eigenvalue weighted by atomic mass is 10.1. The lowest BCUT2D eigenvalue weighted by molar-refractivity contribution is 0.0947. The van der Waals surface area contributed by atoms with E-state index in [1.807, 2.05) is 0 Å². The summed E-state index contributed by atoms with van der Waals surface area (Å²) in [5.74, 6) is 1.36. The van der Waals surface area contributed by atoms with E-state index in [1.54, 1.807) is 0 Å². The first kappa shape index (κ1) is 23.8. The van der Waals surface area contributed by atoms with Crippen LogP contribution in [0.25, 0.3) is 21.8 Å². The van der Waals surface area contributed by atoms with Crippen molar-refractivity contribution in [3.8, 4) is 0 Å². The van der Waals surface area contributed by atoms with Crippen LogP contribution in [0.2, 0.25) is 0 Å². The van der Waals surface area contributed by atoms with Crippen LogP contribution in [-0.4, -0.2) is 40.3 Å². The smallest absolute Gasteiger partial charge is 0.0845 e. The Balaban J connectivity index is 1.84. The molecule has 0 saturated carbocycles. The van der Waals surface area contributed by atoms with E-state index in [4.69, 9.17) is 0 Å². The van der Waals surface area contributed by atoms with Crippen molar-refractivity contribution in [1.29, 1.82) is 0 Å². The fourth-order valence-electron chi connectivity index (χ4n) is 3.99. The fourth-order valence-corrected chi connectivity index (χ4v) is 4.71. The van der Waals surface area contributed by atoms with Crippen LogP contribution in [0.5, 0.6) is 0 Å². The molecule has 0 amide bonds. The molecule has 2 aromatic carbocycles. The van der Waals surface area contributed by atoms with Crippen LogP contribution >= 0.6 is 31.9 Å². The van der Waals surface area contributed by atoms with Crippen LogP contribution in [0.4, 0.5) is 0 Å². The third kappa shape index (κ3) is 6.09. The van der Waals surface area contributed by atoms with E-state index in [0.717, 1.165) is 22.0 Å². The molecule has 0 fully saturated rings. The van der Waals surface area contributed by atoms with Crippen molar-refractivity contribution >= 4 is 53.7 Å². The number of aliphatic hydroxyl groups excluding tert-OH is 1. The molecule has 1 heterocycles. The minimum atomic E-state index is -0.407. The van der Waals surface area contributed by atoms with Gasteiger partial charge >= 0.3 is 0 Å². The van der Waals surface area contributed by atoms with Gasteiger partial charge in [-0.3, -0.25) is 0 Å². The molecule has 0 spiro atoms. The summed E-state index contributed by atoms with van der Waals surface area (Å²) in [6.07, 6.45) is 1.93. The lowest BCUT2D eigenvalue weighted by Crippen LogP contribution is -2.37. The zero-order valence-corrected chi connectivity index (χ0v) is 21.7. The largest absolute Gasteiger partial charge is 0.390 e. The van der Waals surface area contributed by atoms with Gasteiger partial charge in [-0.1, -0.05) is 59.6 Å². The van der Waals surface area contributed by atoms with E-state index >= 15 is 0 Å². The number of fused-ring (bicyclic) bond motifs is 3. The maximum Gasteiger partial charge on any atom is 0.0845 e. The van der Waals surface area contributed by atoms with Gasteiger partial charge in [0.05, 0.1) is 12.6 Å². The molecule has 1 atom stereocenters. The summed E-state index contributed by atoms with van der Waals surface area (Å²) in [5, 5.41) is 13.5. The van der Waals surface area contributed by atoms with Crippen molar-refractivity contribution in [2.24, 2.45) is 11.8 Å². The average molecular weight is 538 g/mol. The lowest BCUT2D eigenvalue weighted by Gasteiger charge is -2.27. The Kier molecular flexibility index (Phi) is 8.42. The minimum absolute atomic E-state index is 0.407. The van der Waals surface area contributed by atoms with Gasteiger partial charge in [0.1, 0.15) is 0 Å². The summed E-state index contributed by atoms with van der Waals surface area (Å²) in [6, 6.07) is 12.8. The highest BCUT2D eigenvalue weighted by Gasteiger charge is 2.17. The van der Waals surface area contributed by atoms with Gasteiger partial charge in [0.25, 0.3) is 0 Å². The standard InChI is InChI=1S/C25H34Br2N2O/c1-17(2)9-11-28(12-10-18(3)4)15-21(30)16-29-24-7-5-19(26)13-22(24)23-14-20(27)6-8-25(23)29/h5-8,13-14,17-18,21,30H,9-12,15-16H2,1-4H3. The molecule has 3 rings (SSSR count). The molecule has 1 N–H and O–H groups in total. The van der Waals surface area contributed by atoms with Gasteiger partial charge in [-0.15, -0.1) is 0 Å². The molecule has 0 radical (unpaired) electrons. The first-order valence-electron chi connectivity index (χ1n) is 11.0. The van der Waals surface area contributed by atoms with E-state index in [-0.39, 0.29) is 0 Å². The van der Waals surface area contributed by atoms with Crippen LogP contribution in [-0.2, 0) is 6.54 Å². The molecule has 1 aromatic heterocycles. The van der Waals surface area contributed by atoms with Crippen LogP contribution in [0.15, 0.2) is 45.3 Å². The number of nitrogens with zero attached hydrogens (tertiary/aromatic N) is 2. The monoisotopic (exact) mass is 536 g/mol. The third-order valence-electron chi connectivity index (χ3n) is 5.70. The van der Waals surface area contributed by atoms with Crippen LogP contribution in [0.1, 0.15) is 40.5 Å². The van der Waals surface area contributed by atoms with E-state index in [1.165, 1.54) is 34.6 Å². The second-order valence-corrected chi connectivity index (χ2v) is 11.1. The molecule has 0 aliphatic heterocycles. The number of rotatable bonds is 10. The first-order valence-corrected chi connectivity index (χ1v) is 12.6. The Morgan fingerprint density at radius 2 is 1.30 bits per heavy atom. The van der Waals surface area contributed by atoms with Crippen molar-refractivity contribution in [3.05, 3.63) is 45.3 Å². The third-order valence-corrected chi connectivity index (χ3v) is 6.68. The number of aromatic nitrogens is 1. The Hall–Kier alpha value is -0.880. The summed E-state index contributed by atoms with van der Waals surface area (Å²) in [7, 11) is 0. The zero-order chi connectivity index (χ0) is 21.8. The molecule has 3 nitrogen and oxygen atoms in total. The second-order valence-electron chi connectivity index (χ2n) is 9.25. The predicted octanol–water partition coefficient (Wildman–Crippen LogP) is 7.07. The van der Waals surface area contributed by atoms with Crippen LogP contribution in [0, 0.1) is 11.8 Å². The average Bonchev–Trinajstić information content (AvgIpc) is 2.96. The van der Waals surface area contributed by atoms with Crippen molar-refractivity contribution in [2.45, 2.75) is 53.2 Å². The van der Waals surface area contributed by atoms with Gasteiger partial charge in [-0.25, -0.2) is 0 Å². The SMILES string of the molecule is CC(C)CCN(CCC(C)C)CC(O)Cn1c2ccc(Br)cc2c2cc(Br)ccc21. The zero-order valence-electron chi connectivity index (χ0n) is 18.5. The molecule has 0 aliphatic rings. The number of benzene rings is 2. The number of hydrogen-bond donors (Lipinski definition) is 1. The molecule has 3 aromatic rings. The highest BCUT2D eigenvalue weighted by atomic mass is 79.9. The van der Waals surface area contributed by atoms with Gasteiger partial charge in [0.2, 0.25) is 0 Å². The predicted molar refractivity (Wildman–Crippen MR) is 136 cm³/mol. The maximum atomic E-state index is 11.1. The normalized spacial score (nSPS) is 13.4. The van der Waals surface area contributed by atoms with Crippen molar-refractivity contribution in [1.82, 2.24) is 9.47 Å². The van der Waals surface area contributed by atoms with Gasteiger partial charge in [0.15, 0.2) is 0 Å². The topological polar surface area (TPSA) is 28.4 Å². The molecular formula is C25H34Br2N2O. The van der Waals surface area contributed by atoms with E-state index in [9.17, 15) is 5.11 Å². The Bertz CT molecular complexity index is 909. The summed E-state index contributed by atoms with van der Waals surface area (Å²) >= 11 is 7.22. The Morgan fingerprint density at radius 1 is 0.833 bits per heavy atom. The summed E-state index contributed by atoms with van der Waals surface area (Å²) in [6.45, 7) is 12.5. The Labute approximate surface area is 197 Å². The summed E-state index contributed by atoms with van der Waals surface area (Å²) < 4.78 is 4.42. The maximum absolute atomic E-state index is 11.1. The van der Waals surface area contributed by atoms with Crippen LogP contribution in [0.3, 0.4) is 0 Å². The van der Waals surface area contributed by atoms with Gasteiger partial charge in [-0.2, -0.15) is 0 Å². The van der Waals surface area contributed by atoms with Gasteiger partial charge in [0, 0.05) is 37.3 Å². The fraction of sp³-hybridized carbons (Fsp3) is 0.520. The molecule has 0 saturated heterocycles. The van der Waals surface area contributed by atoms with Gasteiger partial charge < -0.3 is 14.6 Å². The van der Waals surface area contributed by atoms with E-state index in [2.05, 4.69) is 105 Å². The van der Waals surface area contributed by atoms with Crippen molar-refractivity contribution in [3.63, 3.8) is 0 Å². The molecule has 5 heteroatoms. The highest BCUT2D eigenvalue weighted by Crippen LogP contribution is 2.33. The van der Waals surface area contributed by atoms with E-state index < -0.39 is 6.10 Å². The number of halogens is 2. The molecule has 0 aliphatic carbocycles. The summed E-state index contributed by atoms with van der Waals surface area (Å²) in [5.41, 5.74) is 2.34. The quantitative estimate of drug-likeness (QED) is 0.299. The number of aliphatic hydroxyl groups is 1. The van der Waals surface area contributed by atoms with Crippen molar-refractivity contribution in [2.75, 3.05) is 19.6 Å². The van der Waals surface area contributed by atoms with E-state index in [0.29, 0.717) is 24.9 Å². The molecule has 30 heavy (non-hydrogen) atoms. The number of hydrogen-bond acceptors (Lipinski definition) is 2. The minimum Gasteiger partial charge on any atom is -0.390 e. The highest BCUT2D eigenvalue weighted by molar-refractivity contribution is 9.10. The molecule has 164 valence electrons. The van der Waals surface area contributed by atoms with Crippen LogP contribution < -0.4 is 0 Å².